The zero-order chi connectivity index (χ0) is 15.4. The minimum Gasteiger partial charge on any atom is -0.495 e. The normalized spacial score (nSPS) is 9.76. The molecule has 0 spiro atoms. The Kier molecular flexibility index (Phi) is 4.26. The van der Waals surface area contributed by atoms with Gasteiger partial charge in [-0.15, -0.1) is 0 Å². The van der Waals surface area contributed by atoms with E-state index in [-0.39, 0.29) is 16.5 Å². The van der Waals surface area contributed by atoms with E-state index in [1.54, 1.807) is 12.1 Å². The highest BCUT2D eigenvalue weighted by Gasteiger charge is 2.15. The number of hydrogen-bond acceptors (Lipinski definition) is 5. The SMILES string of the molecule is COc1cc(C#N)ccc1NC(=O)c1nc(N)ccc1Cl. The van der Waals surface area contributed by atoms with E-state index in [1.807, 2.05) is 6.07 Å². The fourth-order valence-corrected chi connectivity index (χ4v) is 1.85. The molecule has 1 heterocycles. The number of carbonyl (C=O) groups excluding carboxylic acids is 1. The Morgan fingerprint density at radius 2 is 2.19 bits per heavy atom. The Morgan fingerprint density at radius 3 is 2.86 bits per heavy atom. The first-order valence-electron chi connectivity index (χ1n) is 5.86. The van der Waals surface area contributed by atoms with Crippen LogP contribution < -0.4 is 15.8 Å². The molecule has 7 heteroatoms. The number of nitrogens with zero attached hydrogens (tertiary/aromatic N) is 2. The van der Waals surface area contributed by atoms with Crippen LogP contribution >= 0.6 is 11.6 Å². The summed E-state index contributed by atoms with van der Waals surface area (Å²) in [5.74, 6) is 0.0362. The molecule has 0 radical (unpaired) electrons. The first-order chi connectivity index (χ1) is 10.0. The maximum absolute atomic E-state index is 12.2. The zero-order valence-electron chi connectivity index (χ0n) is 11.1. The van der Waals surface area contributed by atoms with E-state index in [9.17, 15) is 4.79 Å². The number of nitriles is 1. The van der Waals surface area contributed by atoms with Crippen molar-refractivity contribution in [2.75, 3.05) is 18.2 Å². The molecule has 6 nitrogen and oxygen atoms in total. The number of pyridine rings is 1. The van der Waals surface area contributed by atoms with Gasteiger partial charge in [0.2, 0.25) is 0 Å². The van der Waals surface area contributed by atoms with E-state index in [2.05, 4.69) is 10.3 Å². The van der Waals surface area contributed by atoms with Crippen LogP contribution in [0.3, 0.4) is 0 Å². The van der Waals surface area contributed by atoms with Crippen LogP contribution in [0.1, 0.15) is 16.1 Å². The predicted molar refractivity (Wildman–Crippen MR) is 79.3 cm³/mol. The third-order valence-corrected chi connectivity index (χ3v) is 2.97. The van der Waals surface area contributed by atoms with E-state index in [0.717, 1.165) is 0 Å². The average Bonchev–Trinajstić information content (AvgIpc) is 2.49. The molecular formula is C14H11ClN4O2. The number of nitrogens with two attached hydrogens (primary N) is 1. The van der Waals surface area contributed by atoms with Gasteiger partial charge < -0.3 is 15.8 Å². The van der Waals surface area contributed by atoms with Crippen LogP contribution in [0.4, 0.5) is 11.5 Å². The number of anilines is 2. The standard InChI is InChI=1S/C14H11ClN4O2/c1-21-11-6-8(7-16)2-4-10(11)18-14(20)13-9(15)3-5-12(17)19-13/h2-6H,1H3,(H2,17,19)(H,18,20). The maximum Gasteiger partial charge on any atom is 0.276 e. The molecule has 3 N–H and O–H groups in total. The van der Waals surface area contributed by atoms with E-state index in [1.165, 1.54) is 25.3 Å². The van der Waals surface area contributed by atoms with Gasteiger partial charge in [-0.1, -0.05) is 11.6 Å². The lowest BCUT2D eigenvalue weighted by Gasteiger charge is -2.11. The largest absolute Gasteiger partial charge is 0.495 e. The van der Waals surface area contributed by atoms with E-state index in [0.29, 0.717) is 17.0 Å². The summed E-state index contributed by atoms with van der Waals surface area (Å²) in [6.45, 7) is 0. The smallest absolute Gasteiger partial charge is 0.276 e. The lowest BCUT2D eigenvalue weighted by Crippen LogP contribution is -2.15. The van der Waals surface area contributed by atoms with Crippen molar-refractivity contribution in [3.05, 3.63) is 46.6 Å². The predicted octanol–water partition coefficient (Wildman–Crippen LogP) is 2.45. The maximum atomic E-state index is 12.2. The van der Waals surface area contributed by atoms with Gasteiger partial charge in [0.25, 0.3) is 5.91 Å². The molecule has 0 aliphatic carbocycles. The number of aromatic nitrogens is 1. The summed E-state index contributed by atoms with van der Waals surface area (Å²) >= 11 is 5.93. The second-order valence-corrected chi connectivity index (χ2v) is 4.45. The Bertz CT molecular complexity index is 740. The quantitative estimate of drug-likeness (QED) is 0.907. The zero-order valence-corrected chi connectivity index (χ0v) is 11.8. The van der Waals surface area contributed by atoms with Gasteiger partial charge in [0.15, 0.2) is 0 Å². The van der Waals surface area contributed by atoms with E-state index in [4.69, 9.17) is 27.3 Å². The number of nitrogen functional groups attached to an aromatic ring is 1. The fraction of sp³-hybridized carbons (Fsp3) is 0.0714. The van der Waals surface area contributed by atoms with Crippen LogP contribution in [-0.4, -0.2) is 18.0 Å². The van der Waals surface area contributed by atoms with Gasteiger partial charge in [-0.2, -0.15) is 5.26 Å². The summed E-state index contributed by atoms with van der Waals surface area (Å²) in [6, 6.07) is 9.63. The van der Waals surface area contributed by atoms with Crippen LogP contribution in [0, 0.1) is 11.3 Å². The number of carbonyl (C=O) groups is 1. The van der Waals surface area contributed by atoms with Crippen molar-refractivity contribution >= 4 is 29.0 Å². The molecule has 0 fully saturated rings. The molecule has 0 unspecified atom stereocenters. The highest BCUT2D eigenvalue weighted by molar-refractivity contribution is 6.34. The molecule has 0 saturated carbocycles. The topological polar surface area (TPSA) is 101 Å². The molecule has 0 aliphatic rings. The number of nitrogens with one attached hydrogen (secondary N) is 1. The number of halogens is 1. The van der Waals surface area contributed by atoms with Crippen LogP contribution in [0.5, 0.6) is 5.75 Å². The highest BCUT2D eigenvalue weighted by atomic mass is 35.5. The Labute approximate surface area is 126 Å². The second kappa shape index (κ2) is 6.11. The van der Waals surface area contributed by atoms with Gasteiger partial charge in [-0.3, -0.25) is 4.79 Å². The molecule has 2 rings (SSSR count). The summed E-state index contributed by atoms with van der Waals surface area (Å²) < 4.78 is 5.13. The number of ether oxygens (including phenoxy) is 1. The first-order valence-corrected chi connectivity index (χ1v) is 6.24. The number of hydrogen-bond donors (Lipinski definition) is 2. The number of amides is 1. The van der Waals surface area contributed by atoms with Gasteiger partial charge in [0.05, 0.1) is 29.5 Å². The van der Waals surface area contributed by atoms with Crippen LogP contribution in [0.2, 0.25) is 5.02 Å². The second-order valence-electron chi connectivity index (χ2n) is 4.05. The molecule has 0 atom stereocenters. The van der Waals surface area contributed by atoms with E-state index >= 15 is 0 Å². The molecular weight excluding hydrogens is 292 g/mol. The summed E-state index contributed by atoms with van der Waals surface area (Å²) in [5.41, 5.74) is 6.38. The van der Waals surface area contributed by atoms with Crippen molar-refractivity contribution in [3.63, 3.8) is 0 Å². The lowest BCUT2D eigenvalue weighted by molar-refractivity contribution is 0.102. The average molecular weight is 303 g/mol. The highest BCUT2D eigenvalue weighted by Crippen LogP contribution is 2.26. The van der Waals surface area contributed by atoms with Gasteiger partial charge >= 0.3 is 0 Å². The van der Waals surface area contributed by atoms with Crippen molar-refractivity contribution in [1.82, 2.24) is 4.98 Å². The molecule has 0 bridgehead atoms. The molecule has 1 amide bonds. The van der Waals surface area contributed by atoms with Crippen molar-refractivity contribution in [2.45, 2.75) is 0 Å². The third-order valence-electron chi connectivity index (χ3n) is 2.66. The third kappa shape index (κ3) is 3.22. The van der Waals surface area contributed by atoms with E-state index < -0.39 is 5.91 Å². The van der Waals surface area contributed by atoms with Crippen molar-refractivity contribution in [2.24, 2.45) is 0 Å². The van der Waals surface area contributed by atoms with Gasteiger partial charge in [-0.25, -0.2) is 4.98 Å². The molecule has 106 valence electrons. The van der Waals surface area contributed by atoms with Gasteiger partial charge in [0, 0.05) is 6.07 Å². The lowest BCUT2D eigenvalue weighted by atomic mass is 10.2. The van der Waals surface area contributed by atoms with Crippen LogP contribution in [0.25, 0.3) is 0 Å². The molecule has 2 aromatic rings. The minimum atomic E-state index is -0.518. The van der Waals surface area contributed by atoms with Gasteiger partial charge in [-0.05, 0) is 24.3 Å². The monoisotopic (exact) mass is 302 g/mol. The molecule has 1 aromatic carbocycles. The van der Waals surface area contributed by atoms with Crippen molar-refractivity contribution in [3.8, 4) is 11.8 Å². The van der Waals surface area contributed by atoms with Crippen molar-refractivity contribution < 1.29 is 9.53 Å². The number of methoxy groups -OCH3 is 1. The number of rotatable bonds is 3. The minimum absolute atomic E-state index is 0.0167. The molecule has 0 aliphatic heterocycles. The summed E-state index contributed by atoms with van der Waals surface area (Å²) in [5, 5.41) is 11.7. The Hall–Kier alpha value is -2.78. The van der Waals surface area contributed by atoms with Crippen LogP contribution in [-0.2, 0) is 0 Å². The Balaban J connectivity index is 2.32. The van der Waals surface area contributed by atoms with Crippen LogP contribution in [0.15, 0.2) is 30.3 Å². The van der Waals surface area contributed by atoms with Crippen molar-refractivity contribution in [1.29, 1.82) is 5.26 Å². The Morgan fingerprint density at radius 1 is 1.43 bits per heavy atom. The number of benzene rings is 1. The molecule has 1 aromatic heterocycles. The fourth-order valence-electron chi connectivity index (χ4n) is 1.66. The first kappa shape index (κ1) is 14.6. The van der Waals surface area contributed by atoms with Gasteiger partial charge in [0.1, 0.15) is 17.3 Å². The summed E-state index contributed by atoms with van der Waals surface area (Å²) in [6.07, 6.45) is 0. The summed E-state index contributed by atoms with van der Waals surface area (Å²) in [4.78, 5) is 16.1. The molecule has 21 heavy (non-hydrogen) atoms. The summed E-state index contributed by atoms with van der Waals surface area (Å²) in [7, 11) is 1.44. The molecule has 0 saturated heterocycles.